The molecule has 0 radical (unpaired) electrons. The van der Waals surface area contributed by atoms with E-state index in [-0.39, 0.29) is 6.09 Å². The number of likely N-dealkylation sites (tertiary alicyclic amines) is 2. The minimum atomic E-state index is -0.408. The summed E-state index contributed by atoms with van der Waals surface area (Å²) in [7, 11) is 2.08. The predicted molar refractivity (Wildman–Crippen MR) is 93.7 cm³/mol. The minimum absolute atomic E-state index is 0.157. The summed E-state index contributed by atoms with van der Waals surface area (Å²) in [6, 6.07) is 1.85. The van der Waals surface area contributed by atoms with Gasteiger partial charge in [0, 0.05) is 31.2 Å². The van der Waals surface area contributed by atoms with Gasteiger partial charge in [-0.3, -0.25) is 4.90 Å². The van der Waals surface area contributed by atoms with Crippen LogP contribution in [0.3, 0.4) is 0 Å². The number of carbonyl (C=O) groups excluding carboxylic acids is 1. The van der Waals surface area contributed by atoms with E-state index in [1.165, 1.54) is 25.8 Å². The van der Waals surface area contributed by atoms with Gasteiger partial charge in [0.1, 0.15) is 5.60 Å². The van der Waals surface area contributed by atoms with Crippen LogP contribution in [-0.4, -0.2) is 66.3 Å². The molecule has 0 bridgehead atoms. The molecule has 2 atom stereocenters. The summed E-state index contributed by atoms with van der Waals surface area (Å²) in [5.74, 6) is 0. The lowest BCUT2D eigenvalue weighted by Gasteiger charge is -2.41. The number of nitrogens with one attached hydrogen (secondary N) is 1. The highest BCUT2D eigenvalue weighted by molar-refractivity contribution is 5.68. The van der Waals surface area contributed by atoms with E-state index in [0.717, 1.165) is 25.9 Å². The molecule has 2 heterocycles. The Morgan fingerprint density at radius 1 is 1.22 bits per heavy atom. The number of nitrogens with zero attached hydrogens (tertiary/aromatic N) is 2. The van der Waals surface area contributed by atoms with Crippen LogP contribution >= 0.6 is 0 Å². The molecule has 2 aliphatic rings. The molecule has 0 aromatic heterocycles. The Balaban J connectivity index is 1.87. The Morgan fingerprint density at radius 2 is 1.87 bits per heavy atom. The van der Waals surface area contributed by atoms with E-state index >= 15 is 0 Å². The first-order valence-corrected chi connectivity index (χ1v) is 9.26. The first-order valence-electron chi connectivity index (χ1n) is 9.26. The number of likely N-dealkylation sites (N-methyl/N-ethyl adjacent to an activating group) is 1. The van der Waals surface area contributed by atoms with Crippen molar-refractivity contribution in [2.24, 2.45) is 0 Å². The van der Waals surface area contributed by atoms with Gasteiger partial charge in [-0.25, -0.2) is 4.79 Å². The molecule has 0 saturated carbocycles. The number of amides is 1. The van der Waals surface area contributed by atoms with Crippen LogP contribution in [0.2, 0.25) is 0 Å². The van der Waals surface area contributed by atoms with Gasteiger partial charge >= 0.3 is 6.09 Å². The lowest BCUT2D eigenvalue weighted by atomic mass is 9.98. The van der Waals surface area contributed by atoms with Gasteiger partial charge in [-0.1, -0.05) is 6.92 Å². The average molecular weight is 325 g/mol. The number of piperidine rings is 1. The Hall–Kier alpha value is -0.810. The van der Waals surface area contributed by atoms with Gasteiger partial charge in [-0.05, 0) is 66.5 Å². The average Bonchev–Trinajstić information content (AvgIpc) is 2.96. The summed E-state index contributed by atoms with van der Waals surface area (Å²) in [5.41, 5.74) is -0.408. The van der Waals surface area contributed by atoms with Gasteiger partial charge in [-0.15, -0.1) is 0 Å². The van der Waals surface area contributed by atoms with Crippen LogP contribution in [0, 0.1) is 0 Å². The molecule has 134 valence electrons. The van der Waals surface area contributed by atoms with E-state index in [4.69, 9.17) is 4.74 Å². The molecule has 5 heteroatoms. The fourth-order valence-electron chi connectivity index (χ4n) is 4.08. The maximum atomic E-state index is 12.2. The van der Waals surface area contributed by atoms with Crippen LogP contribution in [0.4, 0.5) is 4.79 Å². The monoisotopic (exact) mass is 325 g/mol. The Bertz CT molecular complexity index is 382. The summed E-state index contributed by atoms with van der Waals surface area (Å²) >= 11 is 0. The fourth-order valence-corrected chi connectivity index (χ4v) is 4.08. The molecular formula is C18H35N3O2. The molecular weight excluding hydrogens is 290 g/mol. The van der Waals surface area contributed by atoms with Gasteiger partial charge in [0.05, 0.1) is 0 Å². The Kier molecular flexibility index (Phi) is 6.32. The zero-order valence-electron chi connectivity index (χ0n) is 15.6. The van der Waals surface area contributed by atoms with E-state index in [0.29, 0.717) is 18.1 Å². The van der Waals surface area contributed by atoms with E-state index < -0.39 is 5.60 Å². The van der Waals surface area contributed by atoms with E-state index in [2.05, 4.69) is 24.2 Å². The van der Waals surface area contributed by atoms with Crippen LogP contribution in [0.1, 0.15) is 59.8 Å². The van der Waals surface area contributed by atoms with Gasteiger partial charge < -0.3 is 15.0 Å². The summed E-state index contributed by atoms with van der Waals surface area (Å²) in [6.45, 7) is 10.9. The van der Waals surface area contributed by atoms with E-state index in [1.54, 1.807) is 0 Å². The normalized spacial score (nSPS) is 25.6. The summed E-state index contributed by atoms with van der Waals surface area (Å²) in [5, 5.41) is 3.49. The molecule has 2 rings (SSSR count). The summed E-state index contributed by atoms with van der Waals surface area (Å²) in [6.07, 6.45) is 5.75. The van der Waals surface area contributed by atoms with Gasteiger partial charge in [0.15, 0.2) is 0 Å². The quantitative estimate of drug-likeness (QED) is 0.863. The van der Waals surface area contributed by atoms with Crippen molar-refractivity contribution in [3.8, 4) is 0 Å². The molecule has 2 saturated heterocycles. The summed E-state index contributed by atoms with van der Waals surface area (Å²) in [4.78, 5) is 16.8. The predicted octanol–water partition coefficient (Wildman–Crippen LogP) is 2.85. The molecule has 2 aliphatic heterocycles. The minimum Gasteiger partial charge on any atom is -0.444 e. The fraction of sp³-hybridized carbons (Fsp3) is 0.944. The topological polar surface area (TPSA) is 44.8 Å². The van der Waals surface area contributed by atoms with Crippen LogP contribution in [-0.2, 0) is 4.74 Å². The molecule has 0 aliphatic carbocycles. The maximum absolute atomic E-state index is 12.2. The van der Waals surface area contributed by atoms with Gasteiger partial charge in [-0.2, -0.15) is 0 Å². The smallest absolute Gasteiger partial charge is 0.410 e. The van der Waals surface area contributed by atoms with Crippen molar-refractivity contribution in [3.05, 3.63) is 0 Å². The molecule has 0 aromatic carbocycles. The zero-order chi connectivity index (χ0) is 17.0. The van der Waals surface area contributed by atoms with E-state index in [9.17, 15) is 4.79 Å². The van der Waals surface area contributed by atoms with Crippen molar-refractivity contribution in [2.75, 3.05) is 26.7 Å². The number of carbonyl (C=O) groups is 1. The van der Waals surface area contributed by atoms with Crippen LogP contribution in [0.15, 0.2) is 0 Å². The highest BCUT2D eigenvalue weighted by atomic mass is 16.6. The summed E-state index contributed by atoms with van der Waals surface area (Å²) < 4.78 is 5.50. The third kappa shape index (κ3) is 4.83. The zero-order valence-corrected chi connectivity index (χ0v) is 15.6. The van der Waals surface area contributed by atoms with Crippen molar-refractivity contribution in [1.29, 1.82) is 0 Å². The largest absolute Gasteiger partial charge is 0.444 e. The molecule has 2 fully saturated rings. The van der Waals surface area contributed by atoms with Crippen molar-refractivity contribution in [1.82, 2.24) is 15.1 Å². The van der Waals surface area contributed by atoms with E-state index in [1.807, 2.05) is 25.7 Å². The second-order valence-corrected chi connectivity index (χ2v) is 7.95. The SMILES string of the molecule is CCC(NC)C1CCCN1C1CCN(C(=O)OC(C)(C)C)CC1. The highest BCUT2D eigenvalue weighted by Crippen LogP contribution is 2.29. The molecule has 1 N–H and O–H groups in total. The van der Waals surface area contributed by atoms with Crippen LogP contribution in [0.5, 0.6) is 0 Å². The third-order valence-electron chi connectivity index (χ3n) is 5.20. The highest BCUT2D eigenvalue weighted by Gasteiger charge is 2.37. The number of hydrogen-bond acceptors (Lipinski definition) is 4. The molecule has 0 aromatic rings. The molecule has 0 spiro atoms. The second kappa shape index (κ2) is 7.84. The van der Waals surface area contributed by atoms with Crippen molar-refractivity contribution in [2.45, 2.75) is 83.5 Å². The number of hydrogen-bond donors (Lipinski definition) is 1. The molecule has 2 unspecified atom stereocenters. The molecule has 23 heavy (non-hydrogen) atoms. The lowest BCUT2D eigenvalue weighted by Crippen LogP contribution is -2.53. The number of rotatable bonds is 4. The van der Waals surface area contributed by atoms with Gasteiger partial charge in [0.2, 0.25) is 0 Å². The molecule has 5 nitrogen and oxygen atoms in total. The Labute approximate surface area is 141 Å². The van der Waals surface area contributed by atoms with Gasteiger partial charge in [0.25, 0.3) is 0 Å². The lowest BCUT2D eigenvalue weighted by molar-refractivity contribution is 0.0124. The first-order chi connectivity index (χ1) is 10.9. The van der Waals surface area contributed by atoms with Crippen LogP contribution < -0.4 is 5.32 Å². The van der Waals surface area contributed by atoms with Crippen molar-refractivity contribution < 1.29 is 9.53 Å². The van der Waals surface area contributed by atoms with Crippen LogP contribution in [0.25, 0.3) is 0 Å². The maximum Gasteiger partial charge on any atom is 0.410 e. The Morgan fingerprint density at radius 3 is 2.39 bits per heavy atom. The first kappa shape index (κ1) is 18.5. The second-order valence-electron chi connectivity index (χ2n) is 7.95. The van der Waals surface area contributed by atoms with Crippen molar-refractivity contribution in [3.63, 3.8) is 0 Å². The standard InChI is InChI=1S/C18H35N3O2/c1-6-15(19-5)16-8-7-11-21(16)14-9-12-20(13-10-14)17(22)23-18(2,3)4/h14-16,19H,6-13H2,1-5H3. The molecule has 1 amide bonds. The third-order valence-corrected chi connectivity index (χ3v) is 5.20. The number of ether oxygens (including phenoxy) is 1. The van der Waals surface area contributed by atoms with Crippen molar-refractivity contribution >= 4 is 6.09 Å².